The fraction of sp³-hybridized carbons (Fsp3) is 0.150. The van der Waals surface area contributed by atoms with Gasteiger partial charge in [-0.25, -0.2) is 9.97 Å². The maximum absolute atomic E-state index is 12.7. The van der Waals surface area contributed by atoms with Crippen LogP contribution >= 0.6 is 11.3 Å². The van der Waals surface area contributed by atoms with Gasteiger partial charge in [-0.05, 0) is 49.4 Å². The molecule has 0 aliphatic rings. The molecule has 0 aliphatic carbocycles. The van der Waals surface area contributed by atoms with E-state index in [0.717, 1.165) is 17.1 Å². The third kappa shape index (κ3) is 4.00. The second-order valence-electron chi connectivity index (χ2n) is 6.34. The largest absolute Gasteiger partial charge is 0.436 e. The summed E-state index contributed by atoms with van der Waals surface area (Å²) in [5.74, 6) is -0.101. The summed E-state index contributed by atoms with van der Waals surface area (Å²) in [7, 11) is 0. The van der Waals surface area contributed by atoms with Gasteiger partial charge in [-0.3, -0.25) is 4.79 Å². The number of fused-ring (bicyclic) bond motifs is 1. The van der Waals surface area contributed by atoms with Crippen LogP contribution in [0.4, 0.5) is 13.2 Å². The summed E-state index contributed by atoms with van der Waals surface area (Å²) in [5, 5.41) is 5.50. The number of oxazole rings is 1. The zero-order valence-electron chi connectivity index (χ0n) is 15.0. The van der Waals surface area contributed by atoms with Gasteiger partial charge >= 0.3 is 6.18 Å². The summed E-state index contributed by atoms with van der Waals surface area (Å²) in [6.07, 6.45) is -2.73. The van der Waals surface area contributed by atoms with E-state index < -0.39 is 11.7 Å². The van der Waals surface area contributed by atoms with Crippen molar-refractivity contribution in [2.75, 3.05) is 0 Å². The number of aromatic nitrogens is 2. The molecule has 0 fully saturated rings. The van der Waals surface area contributed by atoms with Gasteiger partial charge in [-0.2, -0.15) is 13.2 Å². The van der Waals surface area contributed by atoms with Crippen LogP contribution in [0.1, 0.15) is 33.9 Å². The molecule has 1 amide bonds. The Balaban J connectivity index is 1.57. The minimum Gasteiger partial charge on any atom is -0.436 e. The van der Waals surface area contributed by atoms with Crippen LogP contribution in [0.2, 0.25) is 0 Å². The summed E-state index contributed by atoms with van der Waals surface area (Å²) in [5.41, 5.74) is 0.940. The highest BCUT2D eigenvalue weighted by molar-refractivity contribution is 7.09. The molecule has 5 nitrogen and oxygen atoms in total. The lowest BCUT2D eigenvalue weighted by Gasteiger charge is -2.10. The number of benzene rings is 2. The Hall–Kier alpha value is -3.20. The maximum atomic E-state index is 12.7. The number of thiazole rings is 1. The molecule has 0 radical (unpaired) electrons. The van der Waals surface area contributed by atoms with Crippen LogP contribution in [0, 0.1) is 0 Å². The quantitative estimate of drug-likeness (QED) is 0.479. The average molecular weight is 417 g/mol. The first-order chi connectivity index (χ1) is 13.8. The highest BCUT2D eigenvalue weighted by Crippen LogP contribution is 2.31. The van der Waals surface area contributed by atoms with Crippen molar-refractivity contribution in [1.82, 2.24) is 15.3 Å². The van der Waals surface area contributed by atoms with Gasteiger partial charge in [0, 0.05) is 22.7 Å². The minimum absolute atomic E-state index is 0.183. The number of alkyl halides is 3. The summed E-state index contributed by atoms with van der Waals surface area (Å²) in [6, 6.07) is 9.11. The van der Waals surface area contributed by atoms with Crippen molar-refractivity contribution in [2.45, 2.75) is 19.1 Å². The molecule has 0 aliphatic heterocycles. The molecule has 29 heavy (non-hydrogen) atoms. The molecular weight excluding hydrogens is 403 g/mol. The Morgan fingerprint density at radius 3 is 2.59 bits per heavy atom. The number of amides is 1. The first kappa shape index (κ1) is 19.1. The molecule has 2 heterocycles. The monoisotopic (exact) mass is 417 g/mol. The predicted molar refractivity (Wildman–Crippen MR) is 102 cm³/mol. The van der Waals surface area contributed by atoms with E-state index >= 15 is 0 Å². The van der Waals surface area contributed by atoms with Gasteiger partial charge in [-0.1, -0.05) is 0 Å². The van der Waals surface area contributed by atoms with E-state index in [4.69, 9.17) is 4.42 Å². The third-order valence-corrected chi connectivity index (χ3v) is 5.24. The van der Waals surface area contributed by atoms with E-state index in [1.807, 2.05) is 12.3 Å². The lowest BCUT2D eigenvalue weighted by Crippen LogP contribution is -2.26. The van der Waals surface area contributed by atoms with E-state index in [9.17, 15) is 18.0 Å². The van der Waals surface area contributed by atoms with Crippen LogP contribution < -0.4 is 5.32 Å². The van der Waals surface area contributed by atoms with Crippen LogP contribution in [0.5, 0.6) is 0 Å². The second-order valence-corrected chi connectivity index (χ2v) is 7.27. The number of carbonyl (C=O) groups is 1. The lowest BCUT2D eigenvalue weighted by molar-refractivity contribution is -0.137. The number of rotatable bonds is 4. The van der Waals surface area contributed by atoms with Crippen LogP contribution in [0.25, 0.3) is 22.6 Å². The smallest absolute Gasteiger partial charge is 0.416 e. The lowest BCUT2D eigenvalue weighted by atomic mass is 10.1. The molecule has 4 aromatic rings. The van der Waals surface area contributed by atoms with E-state index in [-0.39, 0.29) is 17.8 Å². The topological polar surface area (TPSA) is 68.0 Å². The predicted octanol–water partition coefficient (Wildman–Crippen LogP) is 5.46. The van der Waals surface area contributed by atoms with Gasteiger partial charge in [-0.15, -0.1) is 11.3 Å². The van der Waals surface area contributed by atoms with Crippen LogP contribution in [0.3, 0.4) is 0 Å². The molecule has 1 atom stereocenters. The Morgan fingerprint density at radius 2 is 1.93 bits per heavy atom. The average Bonchev–Trinajstić information content (AvgIpc) is 3.36. The van der Waals surface area contributed by atoms with Gasteiger partial charge in [0.2, 0.25) is 5.89 Å². The van der Waals surface area contributed by atoms with Gasteiger partial charge in [0.1, 0.15) is 10.5 Å². The highest BCUT2D eigenvalue weighted by atomic mass is 32.1. The summed E-state index contributed by atoms with van der Waals surface area (Å²) in [6.45, 7) is 1.84. The van der Waals surface area contributed by atoms with E-state index in [1.165, 1.54) is 23.5 Å². The van der Waals surface area contributed by atoms with Crippen LogP contribution in [0.15, 0.2) is 58.5 Å². The number of nitrogens with one attached hydrogen (secondary N) is 1. The SMILES string of the molecule is CC(NC(=O)c1ccc2oc(-c3ccc(C(F)(F)F)cc3)nc2c1)c1nccs1. The number of hydrogen-bond acceptors (Lipinski definition) is 5. The Kier molecular flexibility index (Phi) is 4.83. The van der Waals surface area contributed by atoms with Gasteiger partial charge in [0.05, 0.1) is 11.6 Å². The van der Waals surface area contributed by atoms with Crippen molar-refractivity contribution in [3.63, 3.8) is 0 Å². The van der Waals surface area contributed by atoms with Crippen molar-refractivity contribution >= 4 is 28.3 Å². The first-order valence-corrected chi connectivity index (χ1v) is 9.48. The Bertz CT molecular complexity index is 1150. The molecule has 2 aromatic heterocycles. The van der Waals surface area contributed by atoms with Crippen LogP contribution in [-0.2, 0) is 6.18 Å². The van der Waals surface area contributed by atoms with Crippen molar-refractivity contribution in [1.29, 1.82) is 0 Å². The molecule has 0 saturated heterocycles. The zero-order chi connectivity index (χ0) is 20.6. The number of hydrogen-bond donors (Lipinski definition) is 1. The molecule has 2 aromatic carbocycles. The molecule has 148 valence electrons. The molecule has 0 bridgehead atoms. The molecule has 1 N–H and O–H groups in total. The first-order valence-electron chi connectivity index (χ1n) is 8.60. The van der Waals surface area contributed by atoms with Crippen molar-refractivity contribution < 1.29 is 22.4 Å². The minimum atomic E-state index is -4.40. The van der Waals surface area contributed by atoms with E-state index in [2.05, 4.69) is 15.3 Å². The second kappa shape index (κ2) is 7.32. The Labute approximate surface area is 167 Å². The zero-order valence-corrected chi connectivity index (χ0v) is 15.8. The van der Waals surface area contributed by atoms with Gasteiger partial charge in [0.15, 0.2) is 5.58 Å². The highest BCUT2D eigenvalue weighted by Gasteiger charge is 2.30. The van der Waals surface area contributed by atoms with Crippen molar-refractivity contribution in [2.24, 2.45) is 0 Å². The standard InChI is InChI=1S/C20H14F3N3O2S/c1-11(19-24-8-9-29-19)25-17(27)13-4-7-16-15(10-13)26-18(28-16)12-2-5-14(6-3-12)20(21,22)23/h2-11H,1H3,(H,25,27). The molecule has 0 spiro atoms. The van der Waals surface area contributed by atoms with E-state index in [1.54, 1.807) is 24.4 Å². The van der Waals surface area contributed by atoms with E-state index in [0.29, 0.717) is 22.2 Å². The maximum Gasteiger partial charge on any atom is 0.416 e. The third-order valence-electron chi connectivity index (χ3n) is 4.28. The summed E-state index contributed by atoms with van der Waals surface area (Å²) < 4.78 is 43.8. The Morgan fingerprint density at radius 1 is 1.17 bits per heavy atom. The summed E-state index contributed by atoms with van der Waals surface area (Å²) >= 11 is 1.45. The van der Waals surface area contributed by atoms with Gasteiger partial charge < -0.3 is 9.73 Å². The molecule has 1 unspecified atom stereocenters. The van der Waals surface area contributed by atoms with Gasteiger partial charge in [0.25, 0.3) is 5.91 Å². The number of nitrogens with zero attached hydrogens (tertiary/aromatic N) is 2. The van der Waals surface area contributed by atoms with Crippen molar-refractivity contribution in [3.05, 3.63) is 70.2 Å². The molecular formula is C20H14F3N3O2S. The normalized spacial score (nSPS) is 12.8. The van der Waals surface area contributed by atoms with Crippen molar-refractivity contribution in [3.8, 4) is 11.5 Å². The fourth-order valence-corrected chi connectivity index (χ4v) is 3.43. The fourth-order valence-electron chi connectivity index (χ4n) is 2.78. The molecule has 9 heteroatoms. The summed E-state index contributed by atoms with van der Waals surface area (Å²) in [4.78, 5) is 21.0. The molecule has 0 saturated carbocycles. The molecule has 4 rings (SSSR count). The number of carbonyl (C=O) groups excluding carboxylic acids is 1. The van der Waals surface area contributed by atoms with Crippen LogP contribution in [-0.4, -0.2) is 15.9 Å². The number of halogens is 3.